The summed E-state index contributed by atoms with van der Waals surface area (Å²) in [5.74, 6) is -0.272. The third-order valence-electron chi connectivity index (χ3n) is 3.57. The number of carbonyl (C=O) groups excluding carboxylic acids is 1. The van der Waals surface area contributed by atoms with E-state index in [-0.39, 0.29) is 18.5 Å². The number of nitrogens with zero attached hydrogens (tertiary/aromatic N) is 4. The van der Waals surface area contributed by atoms with E-state index in [4.69, 9.17) is 0 Å². The maximum atomic E-state index is 12.2. The first-order valence-electron chi connectivity index (χ1n) is 7.38. The maximum Gasteiger partial charge on any atom is 0.369 e. The molecule has 24 heavy (non-hydrogen) atoms. The largest absolute Gasteiger partial charge is 0.369 e. The summed E-state index contributed by atoms with van der Waals surface area (Å²) in [6.45, 7) is 5.85. The van der Waals surface area contributed by atoms with E-state index in [1.807, 2.05) is 32.2 Å². The van der Waals surface area contributed by atoms with Gasteiger partial charge in [0, 0.05) is 9.75 Å². The van der Waals surface area contributed by atoms with Gasteiger partial charge in [0.05, 0.1) is 6.04 Å². The highest BCUT2D eigenvalue weighted by molar-refractivity contribution is 7.12. The fourth-order valence-corrected chi connectivity index (χ4v) is 4.17. The zero-order valence-electron chi connectivity index (χ0n) is 13.5. The molecule has 0 aromatic carbocycles. The molecule has 0 fully saturated rings. The summed E-state index contributed by atoms with van der Waals surface area (Å²) in [5.41, 5.74) is 0.670. The van der Waals surface area contributed by atoms with E-state index in [1.54, 1.807) is 17.4 Å². The van der Waals surface area contributed by atoms with Crippen LogP contribution in [0.3, 0.4) is 0 Å². The Morgan fingerprint density at radius 2 is 2.17 bits per heavy atom. The first-order valence-corrected chi connectivity index (χ1v) is 9.08. The zero-order chi connectivity index (χ0) is 17.3. The minimum Gasteiger partial charge on any atom is -0.348 e. The van der Waals surface area contributed by atoms with E-state index in [9.17, 15) is 9.59 Å². The summed E-state index contributed by atoms with van der Waals surface area (Å²) >= 11 is 3.08. The van der Waals surface area contributed by atoms with Crippen molar-refractivity contribution in [3.63, 3.8) is 0 Å². The Morgan fingerprint density at radius 1 is 1.38 bits per heavy atom. The number of aromatic nitrogens is 4. The van der Waals surface area contributed by atoms with Gasteiger partial charge in [-0.05, 0) is 60.3 Å². The van der Waals surface area contributed by atoms with Crippen LogP contribution in [0.2, 0.25) is 0 Å². The highest BCUT2D eigenvalue weighted by atomic mass is 32.1. The molecule has 0 saturated carbocycles. The molecule has 0 aliphatic carbocycles. The van der Waals surface area contributed by atoms with E-state index in [2.05, 4.69) is 21.8 Å². The van der Waals surface area contributed by atoms with Crippen molar-refractivity contribution in [1.82, 2.24) is 25.1 Å². The first-order chi connectivity index (χ1) is 11.5. The van der Waals surface area contributed by atoms with Crippen LogP contribution in [0.5, 0.6) is 0 Å². The Hall–Kier alpha value is -2.26. The molecule has 0 bridgehead atoms. The fourth-order valence-electron chi connectivity index (χ4n) is 2.48. The van der Waals surface area contributed by atoms with Crippen LogP contribution in [0.4, 0.5) is 0 Å². The van der Waals surface area contributed by atoms with Crippen molar-refractivity contribution < 1.29 is 4.79 Å². The third-order valence-corrected chi connectivity index (χ3v) is 5.40. The van der Waals surface area contributed by atoms with E-state index in [0.29, 0.717) is 5.00 Å². The number of hydrogen-bond acceptors (Lipinski definition) is 6. The molecule has 0 aliphatic heterocycles. The van der Waals surface area contributed by atoms with Gasteiger partial charge in [-0.1, -0.05) is 0 Å². The Labute approximate surface area is 146 Å². The van der Waals surface area contributed by atoms with Crippen molar-refractivity contribution in [2.24, 2.45) is 0 Å². The van der Waals surface area contributed by atoms with Gasteiger partial charge in [-0.15, -0.1) is 22.7 Å². The van der Waals surface area contributed by atoms with Gasteiger partial charge in [0.2, 0.25) is 5.91 Å². The van der Waals surface area contributed by atoms with Crippen molar-refractivity contribution in [3.8, 4) is 5.00 Å². The highest BCUT2D eigenvalue weighted by Gasteiger charge is 2.17. The standard InChI is InChI=1S/C15H17N5O2S2/c1-9-7-12(11(3)24-9)10(2)16-13(21)8-19-15(22)20(18-17-19)14-5-4-6-23-14/h4-7,10H,8H2,1-3H3,(H,16,21)/t10-/m1/s1. The fraction of sp³-hybridized carbons (Fsp3) is 0.333. The molecule has 0 aliphatic rings. The Balaban J connectivity index is 1.69. The molecule has 3 heterocycles. The molecule has 3 aromatic heterocycles. The highest BCUT2D eigenvalue weighted by Crippen LogP contribution is 2.26. The predicted octanol–water partition coefficient (Wildman–Crippen LogP) is 2.05. The number of aryl methyl sites for hydroxylation is 2. The second kappa shape index (κ2) is 6.70. The molecule has 1 N–H and O–H groups in total. The number of hydrogen-bond donors (Lipinski definition) is 1. The van der Waals surface area contributed by atoms with Gasteiger partial charge >= 0.3 is 5.69 Å². The molecular formula is C15H17N5O2S2. The monoisotopic (exact) mass is 363 g/mol. The van der Waals surface area contributed by atoms with E-state index < -0.39 is 5.69 Å². The minimum atomic E-state index is -0.428. The van der Waals surface area contributed by atoms with E-state index in [1.165, 1.54) is 25.8 Å². The molecule has 0 saturated heterocycles. The lowest BCUT2D eigenvalue weighted by Gasteiger charge is -2.13. The lowest BCUT2D eigenvalue weighted by Crippen LogP contribution is -2.34. The Kier molecular flexibility index (Phi) is 4.63. The van der Waals surface area contributed by atoms with Gasteiger partial charge in [0.15, 0.2) is 0 Å². The molecule has 126 valence electrons. The topological polar surface area (TPSA) is 81.8 Å². The molecule has 0 radical (unpaired) electrons. The molecule has 0 unspecified atom stereocenters. The molecule has 1 atom stereocenters. The van der Waals surface area contributed by atoms with Crippen molar-refractivity contribution in [2.75, 3.05) is 0 Å². The Morgan fingerprint density at radius 3 is 2.79 bits per heavy atom. The van der Waals surface area contributed by atoms with Gasteiger partial charge in [-0.3, -0.25) is 4.79 Å². The maximum absolute atomic E-state index is 12.2. The molecule has 0 spiro atoms. The summed E-state index contributed by atoms with van der Waals surface area (Å²) in [6.07, 6.45) is 0. The second-order valence-electron chi connectivity index (χ2n) is 5.44. The lowest BCUT2D eigenvalue weighted by atomic mass is 10.1. The quantitative estimate of drug-likeness (QED) is 0.752. The van der Waals surface area contributed by atoms with Crippen molar-refractivity contribution in [3.05, 3.63) is 49.4 Å². The average molecular weight is 363 g/mol. The van der Waals surface area contributed by atoms with Crippen LogP contribution < -0.4 is 11.0 Å². The third kappa shape index (κ3) is 3.31. The number of rotatable bonds is 5. The normalized spacial score (nSPS) is 12.3. The number of carbonyl (C=O) groups is 1. The Bertz CT molecular complexity index is 907. The van der Waals surface area contributed by atoms with Gasteiger partial charge < -0.3 is 5.32 Å². The van der Waals surface area contributed by atoms with Crippen LogP contribution in [0.15, 0.2) is 28.4 Å². The van der Waals surface area contributed by atoms with Crippen LogP contribution in [-0.4, -0.2) is 25.7 Å². The average Bonchev–Trinajstić information content (AvgIpc) is 3.21. The summed E-state index contributed by atoms with van der Waals surface area (Å²) in [5, 5.41) is 13.0. The van der Waals surface area contributed by atoms with Crippen molar-refractivity contribution in [1.29, 1.82) is 0 Å². The first kappa shape index (κ1) is 16.6. The predicted molar refractivity (Wildman–Crippen MR) is 93.8 cm³/mol. The molecule has 3 aromatic rings. The SMILES string of the molecule is Cc1cc([C@@H](C)NC(=O)Cn2nnn(-c3cccs3)c2=O)c(C)s1. The summed E-state index contributed by atoms with van der Waals surface area (Å²) in [7, 11) is 0. The zero-order valence-corrected chi connectivity index (χ0v) is 15.1. The van der Waals surface area contributed by atoms with Crippen molar-refractivity contribution >= 4 is 28.6 Å². The van der Waals surface area contributed by atoms with Gasteiger partial charge in [0.1, 0.15) is 11.5 Å². The van der Waals surface area contributed by atoms with E-state index in [0.717, 1.165) is 10.2 Å². The van der Waals surface area contributed by atoms with Crippen LogP contribution >= 0.6 is 22.7 Å². The van der Waals surface area contributed by atoms with Crippen molar-refractivity contribution in [2.45, 2.75) is 33.4 Å². The number of thiophene rings is 2. The van der Waals surface area contributed by atoms with Gasteiger partial charge in [-0.2, -0.15) is 9.36 Å². The molecule has 3 rings (SSSR count). The van der Waals surface area contributed by atoms with Crippen LogP contribution in [0.1, 0.15) is 28.3 Å². The minimum absolute atomic E-state index is 0.120. The summed E-state index contributed by atoms with van der Waals surface area (Å²) < 4.78 is 2.25. The molecule has 7 nitrogen and oxygen atoms in total. The van der Waals surface area contributed by atoms with Gasteiger partial charge in [-0.25, -0.2) is 4.79 Å². The molecule has 1 amide bonds. The number of tetrazole rings is 1. The van der Waals surface area contributed by atoms with Crippen LogP contribution in [0.25, 0.3) is 5.00 Å². The smallest absolute Gasteiger partial charge is 0.348 e. The summed E-state index contributed by atoms with van der Waals surface area (Å²) in [6, 6.07) is 5.55. The van der Waals surface area contributed by atoms with Crippen LogP contribution in [0, 0.1) is 13.8 Å². The van der Waals surface area contributed by atoms with Crippen LogP contribution in [-0.2, 0) is 11.3 Å². The van der Waals surface area contributed by atoms with Gasteiger partial charge in [0.25, 0.3) is 0 Å². The number of amides is 1. The summed E-state index contributed by atoms with van der Waals surface area (Å²) in [4.78, 5) is 26.9. The number of nitrogens with one attached hydrogen (secondary N) is 1. The second-order valence-corrected chi connectivity index (χ2v) is 7.83. The van der Waals surface area contributed by atoms with E-state index >= 15 is 0 Å². The lowest BCUT2D eigenvalue weighted by molar-refractivity contribution is -0.122. The molecule has 9 heteroatoms. The molecular weight excluding hydrogens is 346 g/mol.